The van der Waals surface area contributed by atoms with E-state index in [1.165, 1.54) is 37.9 Å². The number of rotatable bonds is 26. The molecule has 0 fully saturated rings. The molecule has 0 aromatic heterocycles. The van der Waals surface area contributed by atoms with Crippen LogP contribution in [0.5, 0.6) is 0 Å². The van der Waals surface area contributed by atoms with Crippen LogP contribution in [0.2, 0.25) is 0 Å². The summed E-state index contributed by atoms with van der Waals surface area (Å²) in [5, 5.41) is 28.1. The summed E-state index contributed by atoms with van der Waals surface area (Å²) in [6.45, 7) is 6.98. The number of amides is 5. The van der Waals surface area contributed by atoms with E-state index in [9.17, 15) is 33.9 Å². The van der Waals surface area contributed by atoms with Crippen molar-refractivity contribution < 1.29 is 39.0 Å². The van der Waals surface area contributed by atoms with E-state index in [-0.39, 0.29) is 13.0 Å². The normalized spacial score (nSPS) is 11.3. The number of aliphatic hydroxyl groups excluding tert-OH is 2. The largest absolute Gasteiger partial charge is 0.400 e. The minimum absolute atomic E-state index is 0.228. The molecule has 0 radical (unpaired) electrons. The number of aldehydes is 1. The maximum atomic E-state index is 12.6. The van der Waals surface area contributed by atoms with Crippen molar-refractivity contribution >= 4 is 47.6 Å². The van der Waals surface area contributed by atoms with E-state index in [1.54, 1.807) is 0 Å². The van der Waals surface area contributed by atoms with Crippen molar-refractivity contribution in [2.75, 3.05) is 71.5 Å². The van der Waals surface area contributed by atoms with Crippen molar-refractivity contribution in [2.24, 2.45) is 28.7 Å². The third-order valence-electron chi connectivity index (χ3n) is 6.47. The van der Waals surface area contributed by atoms with Gasteiger partial charge in [0.25, 0.3) is 0 Å². The van der Waals surface area contributed by atoms with Crippen LogP contribution in [0.3, 0.4) is 0 Å². The van der Waals surface area contributed by atoms with Gasteiger partial charge in [0, 0.05) is 7.11 Å². The Morgan fingerprint density at radius 3 is 1.40 bits per heavy atom. The first kappa shape index (κ1) is 59.4. The molecule has 17 N–H and O–H groups in total. The molecule has 0 saturated heterocycles. The lowest BCUT2D eigenvalue weighted by atomic mass is 10.1. The van der Waals surface area contributed by atoms with Gasteiger partial charge in [-0.3, -0.25) is 24.0 Å². The Bertz CT molecular complexity index is 859. The Hall–Kier alpha value is -2.91. The molecular formula is C34H76N10O8S. The van der Waals surface area contributed by atoms with Crippen LogP contribution in [0.15, 0.2) is 0 Å². The van der Waals surface area contributed by atoms with Crippen molar-refractivity contribution in [2.45, 2.75) is 110 Å². The van der Waals surface area contributed by atoms with Crippen molar-refractivity contribution in [3.8, 4) is 0 Å². The second-order valence-electron chi connectivity index (χ2n) is 11.2. The van der Waals surface area contributed by atoms with Gasteiger partial charge in [-0.1, -0.05) is 33.6 Å². The molecule has 0 rings (SSSR count). The second-order valence-corrected chi connectivity index (χ2v) is 12.2. The highest BCUT2D eigenvalue weighted by Crippen LogP contribution is 2.02. The third-order valence-corrected chi connectivity index (χ3v) is 7.28. The van der Waals surface area contributed by atoms with E-state index in [2.05, 4.69) is 53.6 Å². The van der Waals surface area contributed by atoms with E-state index in [0.717, 1.165) is 20.2 Å². The van der Waals surface area contributed by atoms with Crippen molar-refractivity contribution in [1.82, 2.24) is 26.6 Å². The zero-order valence-electron chi connectivity index (χ0n) is 33.1. The Morgan fingerprint density at radius 2 is 1.06 bits per heavy atom. The van der Waals surface area contributed by atoms with Crippen LogP contribution in [-0.4, -0.2) is 136 Å². The highest BCUT2D eigenvalue weighted by Gasteiger charge is 2.23. The number of aliphatic hydroxyl groups is 2. The van der Waals surface area contributed by atoms with Gasteiger partial charge in [0.15, 0.2) is 0 Å². The lowest BCUT2D eigenvalue weighted by Crippen LogP contribution is -2.54. The van der Waals surface area contributed by atoms with Gasteiger partial charge in [-0.25, -0.2) is 0 Å². The average Bonchev–Trinajstić information content (AvgIpc) is 3.16. The van der Waals surface area contributed by atoms with Gasteiger partial charge in [-0.15, -0.1) is 0 Å². The Kier molecular flexibility index (Phi) is 55.0. The molecule has 0 aliphatic rings. The summed E-state index contributed by atoms with van der Waals surface area (Å²) >= 11 is 1.90. The highest BCUT2D eigenvalue weighted by molar-refractivity contribution is 7.98. The summed E-state index contributed by atoms with van der Waals surface area (Å²) in [5.41, 5.74) is 26.3. The van der Waals surface area contributed by atoms with Crippen molar-refractivity contribution in [3.05, 3.63) is 0 Å². The topological polar surface area (TPSA) is 333 Å². The van der Waals surface area contributed by atoms with Gasteiger partial charge in [0.05, 0.1) is 32.3 Å². The quantitative estimate of drug-likeness (QED) is 0.0332. The molecule has 0 saturated carbocycles. The van der Waals surface area contributed by atoms with Gasteiger partial charge in [0.1, 0.15) is 18.4 Å². The summed E-state index contributed by atoms with van der Waals surface area (Å²) in [5.74, 6) is -2.07. The molecule has 5 amide bonds. The fourth-order valence-corrected chi connectivity index (χ4v) is 4.00. The Labute approximate surface area is 322 Å². The summed E-state index contributed by atoms with van der Waals surface area (Å²) in [6.07, 6.45) is 12.0. The molecule has 3 atom stereocenters. The molecule has 0 aliphatic carbocycles. The number of nitrogens with two attached hydrogens (primary N) is 5. The van der Waals surface area contributed by atoms with Crippen LogP contribution in [0.25, 0.3) is 0 Å². The molecule has 0 aliphatic heterocycles. The van der Waals surface area contributed by atoms with Crippen LogP contribution in [0, 0.1) is 0 Å². The molecule has 316 valence electrons. The number of thioether (sulfide) groups is 1. The zero-order valence-corrected chi connectivity index (χ0v) is 33.9. The van der Waals surface area contributed by atoms with Gasteiger partial charge in [-0.2, -0.15) is 11.8 Å². The standard InChI is InChI=1S/C21H40N8O7.2C4H11N.C4H10S.CH4O/c22-7-3-1-5-14(12-30)27-18(33)10-25-20(35)15(6-2-4-8-23)28-19(34)11-26-21(36)16(13-31)29-17(32)9-24;2*1-2-3-4-5;1-3-4-5-2;1-2/h12,14-16,31H,1-11,13,22-24H2,(H,25,35)(H,26,36)(H,27,33)(H,28,34)(H,29,32);2*2-5H2,1H3;3-4H2,1-2H3;2H,1H3/t14-,15-,16?;;;;/m0..../s1. The van der Waals surface area contributed by atoms with Gasteiger partial charge < -0.3 is 70.3 Å². The number of unbranched alkanes of at least 4 members (excludes halogenated alkanes) is 4. The minimum atomic E-state index is -1.29. The summed E-state index contributed by atoms with van der Waals surface area (Å²) in [6, 6.07) is -2.99. The predicted molar refractivity (Wildman–Crippen MR) is 215 cm³/mol. The fraction of sp³-hybridized carbons (Fsp3) is 0.824. The van der Waals surface area contributed by atoms with Crippen LogP contribution in [0.4, 0.5) is 0 Å². The first-order valence-corrected chi connectivity index (χ1v) is 19.8. The Balaban J connectivity index is -0.000000373. The van der Waals surface area contributed by atoms with Crippen molar-refractivity contribution in [1.29, 1.82) is 0 Å². The number of hydrogen-bond donors (Lipinski definition) is 12. The summed E-state index contributed by atoms with van der Waals surface area (Å²) in [7, 11) is 1.00. The number of hydrogen-bond acceptors (Lipinski definition) is 14. The van der Waals surface area contributed by atoms with E-state index in [4.69, 9.17) is 33.8 Å². The van der Waals surface area contributed by atoms with E-state index < -0.39 is 67.4 Å². The number of nitrogens with one attached hydrogen (secondary N) is 5. The van der Waals surface area contributed by atoms with Gasteiger partial charge >= 0.3 is 0 Å². The van der Waals surface area contributed by atoms with Crippen LogP contribution >= 0.6 is 11.8 Å². The molecule has 0 heterocycles. The lowest BCUT2D eigenvalue weighted by molar-refractivity contribution is -0.132. The maximum absolute atomic E-state index is 12.6. The average molecular weight is 785 g/mol. The molecule has 0 aromatic carbocycles. The van der Waals surface area contributed by atoms with E-state index in [0.29, 0.717) is 51.5 Å². The van der Waals surface area contributed by atoms with E-state index in [1.807, 2.05) is 11.8 Å². The molecule has 0 spiro atoms. The molecule has 0 aromatic rings. The number of carbonyl (C=O) groups is 6. The van der Waals surface area contributed by atoms with E-state index >= 15 is 0 Å². The van der Waals surface area contributed by atoms with Crippen LogP contribution < -0.4 is 55.3 Å². The van der Waals surface area contributed by atoms with Crippen LogP contribution in [0.1, 0.15) is 91.4 Å². The zero-order chi connectivity index (χ0) is 41.7. The van der Waals surface area contributed by atoms with Gasteiger partial charge in [0.2, 0.25) is 29.5 Å². The number of carbonyl (C=O) groups excluding carboxylic acids is 6. The first-order chi connectivity index (χ1) is 25.5. The monoisotopic (exact) mass is 785 g/mol. The molecule has 1 unspecified atom stereocenters. The summed E-state index contributed by atoms with van der Waals surface area (Å²) < 4.78 is 0. The van der Waals surface area contributed by atoms with Crippen LogP contribution in [-0.2, 0) is 28.8 Å². The molecule has 18 nitrogen and oxygen atoms in total. The predicted octanol–water partition coefficient (Wildman–Crippen LogP) is -2.06. The third kappa shape index (κ3) is 45.2. The lowest BCUT2D eigenvalue weighted by Gasteiger charge is -2.20. The summed E-state index contributed by atoms with van der Waals surface area (Å²) in [4.78, 5) is 71.5. The molecule has 53 heavy (non-hydrogen) atoms. The van der Waals surface area contributed by atoms with Crippen molar-refractivity contribution in [3.63, 3.8) is 0 Å². The van der Waals surface area contributed by atoms with Gasteiger partial charge in [-0.05, 0) is 96.0 Å². The fourth-order valence-electron chi connectivity index (χ4n) is 3.59. The molecular weight excluding hydrogens is 709 g/mol. The SMILES string of the molecule is CCCCN.CCCCN.CCCSC.CO.NCCCC[C@@H](C=O)NC(=O)CNC(=O)[C@H](CCCCN)NC(=O)CNC(=O)C(CO)NC(=O)CN. The molecule has 0 bridgehead atoms. The minimum Gasteiger partial charge on any atom is -0.400 e. The molecule has 19 heteroatoms. The maximum Gasteiger partial charge on any atom is 0.245 e. The Morgan fingerprint density at radius 1 is 0.623 bits per heavy atom. The highest BCUT2D eigenvalue weighted by atomic mass is 32.2. The smallest absolute Gasteiger partial charge is 0.245 e. The first-order valence-electron chi connectivity index (χ1n) is 18.4. The second kappa shape index (κ2) is 49.1.